The summed E-state index contributed by atoms with van der Waals surface area (Å²) in [5.41, 5.74) is 9.83. The molecule has 0 saturated heterocycles. The van der Waals surface area contributed by atoms with Crippen molar-refractivity contribution in [2.24, 2.45) is 0 Å². The standard InChI is InChI=1S/C27H30Br2O3/c1-7-32-27-23(21-10-16(2)8-19(14-28)25(21)30-5)12-18(4)13-24(27)22-11-17(3)9-20(15-29)26(22)31-6/h8-13H,7,14-15H2,1-6H3. The number of rotatable bonds is 8. The van der Waals surface area contributed by atoms with Gasteiger partial charge in [-0.05, 0) is 68.7 Å². The summed E-state index contributed by atoms with van der Waals surface area (Å²) in [4.78, 5) is 0. The molecule has 0 unspecified atom stereocenters. The molecule has 3 aromatic carbocycles. The first-order valence-electron chi connectivity index (χ1n) is 10.6. The molecule has 0 aromatic heterocycles. The summed E-state index contributed by atoms with van der Waals surface area (Å²) >= 11 is 7.23. The van der Waals surface area contributed by atoms with Crippen LogP contribution in [0.3, 0.4) is 0 Å². The predicted octanol–water partition coefficient (Wildman–Crippen LogP) is 8.15. The highest BCUT2D eigenvalue weighted by atomic mass is 79.9. The first kappa shape index (κ1) is 24.7. The van der Waals surface area contributed by atoms with E-state index in [9.17, 15) is 0 Å². The maximum absolute atomic E-state index is 6.32. The van der Waals surface area contributed by atoms with Gasteiger partial charge in [0.25, 0.3) is 0 Å². The van der Waals surface area contributed by atoms with Gasteiger partial charge >= 0.3 is 0 Å². The second-order valence-corrected chi connectivity index (χ2v) is 9.02. The summed E-state index contributed by atoms with van der Waals surface area (Å²) in [6.45, 7) is 8.91. The zero-order valence-corrected chi connectivity index (χ0v) is 22.7. The van der Waals surface area contributed by atoms with Crippen LogP contribution in [0.25, 0.3) is 22.3 Å². The van der Waals surface area contributed by atoms with Crippen molar-refractivity contribution in [3.63, 3.8) is 0 Å². The van der Waals surface area contributed by atoms with E-state index < -0.39 is 0 Å². The lowest BCUT2D eigenvalue weighted by Gasteiger charge is -2.22. The van der Waals surface area contributed by atoms with Crippen molar-refractivity contribution in [2.75, 3.05) is 20.8 Å². The average molecular weight is 562 g/mol. The highest BCUT2D eigenvalue weighted by Crippen LogP contribution is 2.48. The van der Waals surface area contributed by atoms with Crippen LogP contribution in [0.4, 0.5) is 0 Å². The number of methoxy groups -OCH3 is 2. The van der Waals surface area contributed by atoms with Crippen LogP contribution >= 0.6 is 31.9 Å². The van der Waals surface area contributed by atoms with E-state index in [4.69, 9.17) is 14.2 Å². The van der Waals surface area contributed by atoms with Gasteiger partial charge in [0.05, 0.1) is 20.8 Å². The molecule has 0 spiro atoms. The van der Waals surface area contributed by atoms with Gasteiger partial charge in [0, 0.05) is 44.0 Å². The maximum Gasteiger partial charge on any atom is 0.135 e. The molecule has 0 atom stereocenters. The molecular formula is C27H30Br2O3. The van der Waals surface area contributed by atoms with Crippen molar-refractivity contribution >= 4 is 31.9 Å². The maximum atomic E-state index is 6.32. The topological polar surface area (TPSA) is 27.7 Å². The first-order chi connectivity index (χ1) is 15.4. The van der Waals surface area contributed by atoms with Crippen LogP contribution in [0.1, 0.15) is 34.7 Å². The van der Waals surface area contributed by atoms with E-state index in [1.165, 1.54) is 11.1 Å². The molecule has 32 heavy (non-hydrogen) atoms. The normalized spacial score (nSPS) is 10.9. The Morgan fingerprint density at radius 3 is 1.25 bits per heavy atom. The minimum Gasteiger partial charge on any atom is -0.496 e. The fraction of sp³-hybridized carbons (Fsp3) is 0.333. The van der Waals surface area contributed by atoms with E-state index in [-0.39, 0.29) is 0 Å². The molecule has 5 heteroatoms. The molecule has 0 radical (unpaired) electrons. The fourth-order valence-corrected chi connectivity index (χ4v) is 5.08. The average Bonchev–Trinajstić information content (AvgIpc) is 2.78. The Labute approximate surface area is 208 Å². The lowest BCUT2D eigenvalue weighted by Crippen LogP contribution is -2.02. The molecule has 0 aliphatic rings. The number of aryl methyl sites for hydroxylation is 3. The van der Waals surface area contributed by atoms with E-state index in [0.29, 0.717) is 17.3 Å². The lowest BCUT2D eigenvalue weighted by atomic mass is 9.91. The molecule has 0 saturated carbocycles. The van der Waals surface area contributed by atoms with Crippen LogP contribution in [0.5, 0.6) is 17.2 Å². The summed E-state index contributed by atoms with van der Waals surface area (Å²) < 4.78 is 18.1. The van der Waals surface area contributed by atoms with Crippen LogP contribution in [-0.4, -0.2) is 20.8 Å². The van der Waals surface area contributed by atoms with Gasteiger partial charge in [-0.15, -0.1) is 0 Å². The van der Waals surface area contributed by atoms with Gasteiger partial charge in [-0.2, -0.15) is 0 Å². The Bertz CT molecular complexity index is 1040. The fourth-order valence-electron chi connectivity index (χ4n) is 4.25. The van der Waals surface area contributed by atoms with Gasteiger partial charge in [-0.25, -0.2) is 0 Å². The second-order valence-electron chi connectivity index (χ2n) is 7.90. The molecule has 0 aliphatic carbocycles. The summed E-state index contributed by atoms with van der Waals surface area (Å²) in [5.74, 6) is 2.57. The van der Waals surface area contributed by atoms with Gasteiger partial charge in [0.15, 0.2) is 0 Å². The van der Waals surface area contributed by atoms with Gasteiger partial charge in [-0.3, -0.25) is 0 Å². The van der Waals surface area contributed by atoms with Gasteiger partial charge < -0.3 is 14.2 Å². The number of benzene rings is 3. The van der Waals surface area contributed by atoms with E-state index in [1.807, 2.05) is 6.92 Å². The van der Waals surface area contributed by atoms with Gasteiger partial charge in [0.1, 0.15) is 17.2 Å². The largest absolute Gasteiger partial charge is 0.496 e. The van der Waals surface area contributed by atoms with Crippen LogP contribution < -0.4 is 14.2 Å². The predicted molar refractivity (Wildman–Crippen MR) is 141 cm³/mol. The number of hydrogen-bond acceptors (Lipinski definition) is 3. The Kier molecular flexibility index (Phi) is 8.29. The molecule has 0 aliphatic heterocycles. The number of alkyl halides is 2. The third kappa shape index (κ3) is 4.84. The van der Waals surface area contributed by atoms with E-state index in [0.717, 1.165) is 56.2 Å². The highest BCUT2D eigenvalue weighted by molar-refractivity contribution is 9.08. The van der Waals surface area contributed by atoms with Crippen LogP contribution in [0.15, 0.2) is 36.4 Å². The number of ether oxygens (including phenoxy) is 3. The first-order valence-corrected chi connectivity index (χ1v) is 12.9. The van der Waals surface area contributed by atoms with E-state index in [2.05, 4.69) is 89.0 Å². The molecular weight excluding hydrogens is 532 g/mol. The van der Waals surface area contributed by atoms with E-state index >= 15 is 0 Å². The summed E-state index contributed by atoms with van der Waals surface area (Å²) in [5, 5.41) is 1.43. The molecule has 3 aromatic rings. The quantitative estimate of drug-likeness (QED) is 0.260. The summed E-state index contributed by atoms with van der Waals surface area (Å²) in [6, 6.07) is 13.0. The Morgan fingerprint density at radius 1 is 0.594 bits per heavy atom. The summed E-state index contributed by atoms with van der Waals surface area (Å²) in [6.07, 6.45) is 0. The van der Waals surface area contributed by atoms with Crippen LogP contribution in [-0.2, 0) is 10.7 Å². The van der Waals surface area contributed by atoms with Crippen molar-refractivity contribution in [1.82, 2.24) is 0 Å². The monoisotopic (exact) mass is 560 g/mol. The molecule has 170 valence electrons. The van der Waals surface area contributed by atoms with E-state index in [1.54, 1.807) is 14.2 Å². The Morgan fingerprint density at radius 2 is 0.938 bits per heavy atom. The molecule has 3 rings (SSSR count). The molecule has 0 fully saturated rings. The number of halogens is 2. The molecule has 0 N–H and O–H groups in total. The van der Waals surface area contributed by atoms with Crippen molar-refractivity contribution < 1.29 is 14.2 Å². The SMILES string of the molecule is CCOc1c(-c2cc(C)cc(CBr)c2OC)cc(C)cc1-c1cc(C)cc(CBr)c1OC. The molecule has 0 heterocycles. The van der Waals surface area contributed by atoms with Crippen molar-refractivity contribution in [1.29, 1.82) is 0 Å². The smallest absolute Gasteiger partial charge is 0.135 e. The summed E-state index contributed by atoms with van der Waals surface area (Å²) in [7, 11) is 3.45. The second kappa shape index (κ2) is 10.8. The third-order valence-electron chi connectivity index (χ3n) is 5.42. The van der Waals surface area contributed by atoms with Crippen LogP contribution in [0, 0.1) is 20.8 Å². The zero-order chi connectivity index (χ0) is 23.4. The molecule has 3 nitrogen and oxygen atoms in total. The van der Waals surface area contributed by atoms with Gasteiger partial charge in [0.2, 0.25) is 0 Å². The minimum atomic E-state index is 0.557. The Hall–Kier alpha value is -1.98. The van der Waals surface area contributed by atoms with Crippen LogP contribution in [0.2, 0.25) is 0 Å². The lowest BCUT2D eigenvalue weighted by molar-refractivity contribution is 0.342. The Balaban J connectivity index is 2.43. The van der Waals surface area contributed by atoms with Gasteiger partial charge in [-0.1, -0.05) is 44.0 Å². The third-order valence-corrected chi connectivity index (χ3v) is 6.63. The zero-order valence-electron chi connectivity index (χ0n) is 19.6. The van der Waals surface area contributed by atoms with Crippen molar-refractivity contribution in [3.8, 4) is 39.5 Å². The highest BCUT2D eigenvalue weighted by Gasteiger charge is 2.22. The minimum absolute atomic E-state index is 0.557. The molecule has 0 amide bonds. The van der Waals surface area contributed by atoms with Crippen molar-refractivity contribution in [3.05, 3.63) is 64.2 Å². The number of hydrogen-bond donors (Lipinski definition) is 0. The van der Waals surface area contributed by atoms with Crippen molar-refractivity contribution in [2.45, 2.75) is 38.4 Å². The molecule has 0 bridgehead atoms.